The Morgan fingerprint density at radius 1 is 1.00 bits per heavy atom. The van der Waals surface area contributed by atoms with Crippen LogP contribution in [-0.2, 0) is 4.74 Å². The maximum atomic E-state index is 12.6. The Morgan fingerprint density at radius 3 is 2.30 bits per heavy atom. The molecule has 0 spiro atoms. The molecule has 0 atom stereocenters. The summed E-state index contributed by atoms with van der Waals surface area (Å²) in [4.78, 5) is 14.8. The van der Waals surface area contributed by atoms with Crippen LogP contribution in [0.4, 0.5) is 21.9 Å². The van der Waals surface area contributed by atoms with Gasteiger partial charge in [-0.3, -0.25) is 0 Å². The molecule has 1 aliphatic rings. The van der Waals surface area contributed by atoms with E-state index in [4.69, 9.17) is 18.9 Å². The topological polar surface area (TPSA) is 81.3 Å². The van der Waals surface area contributed by atoms with Crippen LogP contribution in [0.25, 0.3) is 0 Å². The van der Waals surface area contributed by atoms with Crippen molar-refractivity contribution in [1.29, 1.82) is 0 Å². The van der Waals surface area contributed by atoms with Crippen LogP contribution in [0.15, 0.2) is 36.4 Å². The van der Waals surface area contributed by atoms with E-state index in [1.165, 1.54) is 0 Å². The second kappa shape index (κ2) is 10.6. The Balaban J connectivity index is 1.82. The van der Waals surface area contributed by atoms with Crippen LogP contribution in [0, 0.1) is 0 Å². The number of urea groups is 1. The molecule has 162 valence electrons. The molecule has 0 radical (unpaired) electrons. The van der Waals surface area contributed by atoms with Gasteiger partial charge in [0, 0.05) is 30.9 Å². The number of hydrogen-bond donors (Lipinski definition) is 2. The van der Waals surface area contributed by atoms with Crippen molar-refractivity contribution in [2.75, 3.05) is 62.2 Å². The molecule has 1 fully saturated rings. The van der Waals surface area contributed by atoms with Crippen molar-refractivity contribution in [3.05, 3.63) is 36.4 Å². The smallest absolute Gasteiger partial charge is 0.323 e. The number of hydrogen-bond acceptors (Lipinski definition) is 6. The molecule has 0 aliphatic carbocycles. The number of morpholine rings is 1. The lowest BCUT2D eigenvalue weighted by molar-refractivity contribution is 0.122. The van der Waals surface area contributed by atoms with E-state index in [-0.39, 0.29) is 6.03 Å². The number of methoxy groups -OCH3 is 1. The van der Waals surface area contributed by atoms with Gasteiger partial charge in [0.2, 0.25) is 0 Å². The standard InChI is InChI=1S/C22H29N3O5/c1-4-29-20-15-19(25-10-12-28-13-11-25)21(30-5-2)14-18(20)24-22(26)23-16-6-8-17(27-3)9-7-16/h6-9,14-15H,4-5,10-13H2,1-3H3,(H2,23,24,26). The van der Waals surface area contributed by atoms with Crippen LogP contribution in [-0.4, -0.2) is 52.7 Å². The van der Waals surface area contributed by atoms with E-state index in [1.807, 2.05) is 26.0 Å². The van der Waals surface area contributed by atoms with Crippen LogP contribution in [0.3, 0.4) is 0 Å². The molecule has 8 nitrogen and oxygen atoms in total. The molecular weight excluding hydrogens is 386 g/mol. The van der Waals surface area contributed by atoms with Crippen molar-refractivity contribution in [2.24, 2.45) is 0 Å². The second-order valence-electron chi connectivity index (χ2n) is 6.59. The van der Waals surface area contributed by atoms with Crippen molar-refractivity contribution in [1.82, 2.24) is 0 Å². The molecule has 2 N–H and O–H groups in total. The number of benzene rings is 2. The first-order valence-electron chi connectivity index (χ1n) is 10.1. The van der Waals surface area contributed by atoms with Gasteiger partial charge >= 0.3 is 6.03 Å². The highest BCUT2D eigenvalue weighted by molar-refractivity contribution is 6.01. The van der Waals surface area contributed by atoms with Gasteiger partial charge in [0.15, 0.2) is 0 Å². The van der Waals surface area contributed by atoms with Crippen molar-refractivity contribution < 1.29 is 23.7 Å². The summed E-state index contributed by atoms with van der Waals surface area (Å²) >= 11 is 0. The van der Waals surface area contributed by atoms with Gasteiger partial charge in [0.05, 0.1) is 44.9 Å². The molecule has 3 rings (SSSR count). The van der Waals surface area contributed by atoms with Crippen molar-refractivity contribution in [3.63, 3.8) is 0 Å². The lowest BCUT2D eigenvalue weighted by Gasteiger charge is -2.31. The van der Waals surface area contributed by atoms with Gasteiger partial charge in [-0.05, 0) is 38.1 Å². The number of anilines is 3. The average Bonchev–Trinajstić information content (AvgIpc) is 2.77. The monoisotopic (exact) mass is 415 g/mol. The molecule has 0 bridgehead atoms. The van der Waals surface area contributed by atoms with Crippen molar-refractivity contribution >= 4 is 23.1 Å². The number of nitrogens with zero attached hydrogens (tertiary/aromatic N) is 1. The van der Waals surface area contributed by atoms with Crippen LogP contribution in [0.2, 0.25) is 0 Å². The van der Waals surface area contributed by atoms with E-state index in [1.54, 1.807) is 31.4 Å². The van der Waals surface area contributed by atoms with E-state index in [0.717, 1.165) is 24.5 Å². The maximum absolute atomic E-state index is 12.6. The third-order valence-electron chi connectivity index (χ3n) is 4.61. The zero-order valence-corrected chi connectivity index (χ0v) is 17.7. The summed E-state index contributed by atoms with van der Waals surface area (Å²) in [7, 11) is 1.60. The van der Waals surface area contributed by atoms with Crippen molar-refractivity contribution in [2.45, 2.75) is 13.8 Å². The zero-order valence-electron chi connectivity index (χ0n) is 17.7. The van der Waals surface area contributed by atoms with E-state index >= 15 is 0 Å². The fourth-order valence-electron chi connectivity index (χ4n) is 3.20. The third kappa shape index (κ3) is 5.48. The largest absolute Gasteiger partial charge is 0.497 e. The molecule has 1 heterocycles. The summed E-state index contributed by atoms with van der Waals surface area (Å²) in [5.41, 5.74) is 2.13. The normalized spacial score (nSPS) is 13.5. The third-order valence-corrected chi connectivity index (χ3v) is 4.61. The second-order valence-corrected chi connectivity index (χ2v) is 6.59. The Morgan fingerprint density at radius 2 is 1.67 bits per heavy atom. The van der Waals surface area contributed by atoms with E-state index in [2.05, 4.69) is 15.5 Å². The van der Waals surface area contributed by atoms with Gasteiger partial charge in [-0.15, -0.1) is 0 Å². The molecule has 0 saturated carbocycles. The lowest BCUT2D eigenvalue weighted by atomic mass is 10.2. The summed E-state index contributed by atoms with van der Waals surface area (Å²) in [6.07, 6.45) is 0. The molecule has 2 amide bonds. The molecule has 0 unspecified atom stereocenters. The van der Waals surface area contributed by atoms with Gasteiger partial charge < -0.3 is 34.5 Å². The summed E-state index contributed by atoms with van der Waals surface area (Å²) in [5, 5.41) is 5.68. The quantitative estimate of drug-likeness (QED) is 0.679. The number of rotatable bonds is 8. The molecular formula is C22H29N3O5. The first-order chi connectivity index (χ1) is 14.6. The van der Waals surface area contributed by atoms with Crippen molar-refractivity contribution in [3.8, 4) is 17.2 Å². The first-order valence-corrected chi connectivity index (χ1v) is 10.1. The first kappa shape index (κ1) is 21.6. The summed E-state index contributed by atoms with van der Waals surface area (Å²) in [5.74, 6) is 2.01. The van der Waals surface area contributed by atoms with Crippen LogP contribution >= 0.6 is 0 Å². The van der Waals surface area contributed by atoms with E-state index in [9.17, 15) is 4.79 Å². The van der Waals surface area contributed by atoms with Gasteiger partial charge in [0.25, 0.3) is 0 Å². The molecule has 30 heavy (non-hydrogen) atoms. The number of ether oxygens (including phenoxy) is 4. The fraction of sp³-hybridized carbons (Fsp3) is 0.409. The highest BCUT2D eigenvalue weighted by Crippen LogP contribution is 2.39. The van der Waals surface area contributed by atoms with Crippen LogP contribution < -0.4 is 29.7 Å². The Bertz CT molecular complexity index is 835. The Hall–Kier alpha value is -3.13. The summed E-state index contributed by atoms with van der Waals surface area (Å²) < 4.78 is 22.3. The number of amides is 2. The predicted octanol–water partition coefficient (Wildman–Crippen LogP) is 3.97. The Labute approximate surface area is 177 Å². The van der Waals surface area contributed by atoms with Gasteiger partial charge in [-0.1, -0.05) is 0 Å². The van der Waals surface area contributed by atoms with Crippen LogP contribution in [0.5, 0.6) is 17.2 Å². The van der Waals surface area contributed by atoms with Crippen LogP contribution in [0.1, 0.15) is 13.8 Å². The summed E-state index contributed by atoms with van der Waals surface area (Å²) in [6.45, 7) is 7.72. The molecule has 1 aliphatic heterocycles. The van der Waals surface area contributed by atoms with E-state index in [0.29, 0.717) is 49.3 Å². The number of carbonyl (C=O) groups is 1. The molecule has 8 heteroatoms. The summed E-state index contributed by atoms with van der Waals surface area (Å²) in [6, 6.07) is 10.5. The van der Waals surface area contributed by atoms with Gasteiger partial charge in [-0.2, -0.15) is 0 Å². The maximum Gasteiger partial charge on any atom is 0.323 e. The Kier molecular flexibility index (Phi) is 7.62. The lowest BCUT2D eigenvalue weighted by Crippen LogP contribution is -2.36. The minimum atomic E-state index is -0.373. The minimum Gasteiger partial charge on any atom is -0.497 e. The highest BCUT2D eigenvalue weighted by Gasteiger charge is 2.20. The molecule has 2 aromatic carbocycles. The highest BCUT2D eigenvalue weighted by atomic mass is 16.5. The van der Waals surface area contributed by atoms with Gasteiger partial charge in [0.1, 0.15) is 17.2 Å². The minimum absolute atomic E-state index is 0.373. The van der Waals surface area contributed by atoms with Gasteiger partial charge in [-0.25, -0.2) is 4.79 Å². The molecule has 1 saturated heterocycles. The van der Waals surface area contributed by atoms with E-state index < -0.39 is 0 Å². The molecule has 0 aromatic heterocycles. The average molecular weight is 415 g/mol. The SMILES string of the molecule is CCOc1cc(N2CCOCC2)c(OCC)cc1NC(=O)Nc1ccc(OC)cc1. The predicted molar refractivity (Wildman–Crippen MR) is 117 cm³/mol. The fourth-order valence-corrected chi connectivity index (χ4v) is 3.20. The molecule has 2 aromatic rings. The number of carbonyl (C=O) groups excluding carboxylic acids is 1. The zero-order chi connectivity index (χ0) is 21.3. The number of nitrogens with one attached hydrogen (secondary N) is 2.